The lowest BCUT2D eigenvalue weighted by Gasteiger charge is -2.39. The number of likely N-dealkylation sites (tertiary alicyclic amines) is 1. The molecule has 1 heterocycles. The number of nitrogens with zero attached hydrogens (tertiary/aromatic N) is 1. The van der Waals surface area contributed by atoms with Crippen LogP contribution in [-0.4, -0.2) is 42.4 Å². The van der Waals surface area contributed by atoms with E-state index in [1.165, 1.54) is 4.90 Å². The van der Waals surface area contributed by atoms with E-state index < -0.39 is 30.2 Å². The van der Waals surface area contributed by atoms with E-state index in [9.17, 15) is 18.0 Å². The molecular weight excluding hydrogens is 315 g/mol. The molecule has 0 N–H and O–H groups in total. The Bertz CT molecular complexity index is 568. The predicted molar refractivity (Wildman–Crippen MR) is 75.3 cm³/mol. The van der Waals surface area contributed by atoms with Gasteiger partial charge < -0.3 is 19.1 Å². The average Bonchev–Trinajstić information content (AvgIpc) is 2.33. The summed E-state index contributed by atoms with van der Waals surface area (Å²) < 4.78 is 52.8. The van der Waals surface area contributed by atoms with E-state index in [4.69, 9.17) is 9.47 Å². The van der Waals surface area contributed by atoms with Crippen molar-refractivity contribution in [1.82, 2.24) is 4.90 Å². The molecule has 0 atom stereocenters. The van der Waals surface area contributed by atoms with Gasteiger partial charge >= 0.3 is 12.7 Å². The van der Waals surface area contributed by atoms with Crippen molar-refractivity contribution in [2.75, 3.05) is 13.1 Å². The second-order valence-corrected chi connectivity index (χ2v) is 6.09. The van der Waals surface area contributed by atoms with Gasteiger partial charge in [0.25, 0.3) is 0 Å². The van der Waals surface area contributed by atoms with Crippen LogP contribution in [0.3, 0.4) is 0 Å². The summed E-state index contributed by atoms with van der Waals surface area (Å²) in [5.74, 6) is -1.01. The van der Waals surface area contributed by atoms with Gasteiger partial charge in [-0.3, -0.25) is 0 Å². The number of alkyl halides is 2. The third-order valence-corrected chi connectivity index (χ3v) is 2.92. The molecule has 1 aliphatic heterocycles. The fourth-order valence-corrected chi connectivity index (χ4v) is 1.94. The third kappa shape index (κ3) is 4.94. The monoisotopic (exact) mass is 333 g/mol. The Labute approximate surface area is 131 Å². The fourth-order valence-electron chi connectivity index (χ4n) is 1.94. The SMILES string of the molecule is CC(C)(C)OC(=O)N1CC(Oc2cc(F)ccc2OC(F)F)C1. The van der Waals surface area contributed by atoms with E-state index in [2.05, 4.69) is 4.74 Å². The normalized spacial score (nSPS) is 15.3. The summed E-state index contributed by atoms with van der Waals surface area (Å²) in [5.41, 5.74) is -0.607. The second kappa shape index (κ2) is 6.55. The maximum atomic E-state index is 13.2. The molecule has 0 radical (unpaired) electrons. The van der Waals surface area contributed by atoms with Crippen molar-refractivity contribution < 1.29 is 32.2 Å². The topological polar surface area (TPSA) is 48.0 Å². The minimum absolute atomic E-state index is 0.126. The molecule has 0 aromatic heterocycles. The first-order chi connectivity index (χ1) is 10.6. The van der Waals surface area contributed by atoms with Gasteiger partial charge in [0.2, 0.25) is 0 Å². The van der Waals surface area contributed by atoms with Crippen molar-refractivity contribution in [1.29, 1.82) is 0 Å². The summed E-state index contributed by atoms with van der Waals surface area (Å²) >= 11 is 0. The lowest BCUT2D eigenvalue weighted by molar-refractivity contribution is -0.0548. The lowest BCUT2D eigenvalue weighted by Crippen LogP contribution is -2.57. The molecule has 23 heavy (non-hydrogen) atoms. The van der Waals surface area contributed by atoms with Gasteiger partial charge in [-0.2, -0.15) is 8.78 Å². The molecular formula is C15H18F3NO4. The first-order valence-electron chi connectivity index (χ1n) is 7.03. The molecule has 0 spiro atoms. The van der Waals surface area contributed by atoms with Gasteiger partial charge in [0.05, 0.1) is 13.1 Å². The zero-order chi connectivity index (χ0) is 17.2. The average molecular weight is 333 g/mol. The van der Waals surface area contributed by atoms with Crippen molar-refractivity contribution >= 4 is 6.09 Å². The highest BCUT2D eigenvalue weighted by atomic mass is 19.3. The van der Waals surface area contributed by atoms with Crippen LogP contribution in [-0.2, 0) is 4.74 Å². The van der Waals surface area contributed by atoms with E-state index in [0.29, 0.717) is 0 Å². The Morgan fingerprint density at radius 3 is 2.48 bits per heavy atom. The minimum Gasteiger partial charge on any atom is -0.483 e. The van der Waals surface area contributed by atoms with Crippen molar-refractivity contribution in [2.24, 2.45) is 0 Å². The van der Waals surface area contributed by atoms with E-state index in [1.54, 1.807) is 20.8 Å². The molecule has 5 nitrogen and oxygen atoms in total. The second-order valence-electron chi connectivity index (χ2n) is 6.09. The van der Waals surface area contributed by atoms with Gasteiger partial charge in [0, 0.05) is 6.07 Å². The highest BCUT2D eigenvalue weighted by Gasteiger charge is 2.35. The standard InChI is InChI=1S/C15H18F3NO4/c1-15(2,3)23-14(20)19-7-10(8-19)21-12-6-9(16)4-5-11(12)22-13(17)18/h4-6,10,13H,7-8H2,1-3H3. The molecule has 1 amide bonds. The summed E-state index contributed by atoms with van der Waals surface area (Å²) in [6.07, 6.45) is -0.926. The molecule has 1 aromatic rings. The highest BCUT2D eigenvalue weighted by molar-refractivity contribution is 5.69. The zero-order valence-corrected chi connectivity index (χ0v) is 13.0. The Kier molecular flexibility index (Phi) is 4.91. The highest BCUT2D eigenvalue weighted by Crippen LogP contribution is 2.31. The predicted octanol–water partition coefficient (Wildman–Crippen LogP) is 3.43. The van der Waals surface area contributed by atoms with Crippen LogP contribution in [0.2, 0.25) is 0 Å². The van der Waals surface area contributed by atoms with Gasteiger partial charge in [-0.25, -0.2) is 9.18 Å². The van der Waals surface area contributed by atoms with Crippen molar-refractivity contribution in [3.8, 4) is 11.5 Å². The van der Waals surface area contributed by atoms with Crippen LogP contribution in [0.4, 0.5) is 18.0 Å². The molecule has 0 aliphatic carbocycles. The molecule has 128 valence electrons. The molecule has 1 aliphatic rings. The van der Waals surface area contributed by atoms with Gasteiger partial charge in [-0.05, 0) is 32.9 Å². The summed E-state index contributed by atoms with van der Waals surface area (Å²) in [7, 11) is 0. The van der Waals surface area contributed by atoms with E-state index in [-0.39, 0.29) is 24.6 Å². The maximum absolute atomic E-state index is 13.2. The van der Waals surface area contributed by atoms with Crippen LogP contribution in [0.1, 0.15) is 20.8 Å². The van der Waals surface area contributed by atoms with E-state index in [0.717, 1.165) is 18.2 Å². The number of carbonyl (C=O) groups is 1. The molecule has 1 saturated heterocycles. The number of carbonyl (C=O) groups excluding carboxylic acids is 1. The van der Waals surface area contributed by atoms with Crippen LogP contribution in [0, 0.1) is 5.82 Å². The Hall–Kier alpha value is -2.12. The summed E-state index contributed by atoms with van der Waals surface area (Å²) in [6.45, 7) is 2.65. The largest absolute Gasteiger partial charge is 0.483 e. The van der Waals surface area contributed by atoms with Crippen LogP contribution >= 0.6 is 0 Å². The van der Waals surface area contributed by atoms with Crippen LogP contribution in [0.15, 0.2) is 18.2 Å². The Morgan fingerprint density at radius 2 is 1.91 bits per heavy atom. The van der Waals surface area contributed by atoms with Crippen molar-refractivity contribution in [3.05, 3.63) is 24.0 Å². The van der Waals surface area contributed by atoms with Crippen LogP contribution in [0.5, 0.6) is 11.5 Å². The molecule has 8 heteroatoms. The lowest BCUT2D eigenvalue weighted by atomic mass is 10.1. The van der Waals surface area contributed by atoms with Crippen LogP contribution < -0.4 is 9.47 Å². The number of rotatable bonds is 4. The number of halogens is 3. The number of ether oxygens (including phenoxy) is 3. The molecule has 0 unspecified atom stereocenters. The number of amides is 1. The van der Waals surface area contributed by atoms with Gasteiger partial charge in [-0.15, -0.1) is 0 Å². The van der Waals surface area contributed by atoms with E-state index in [1.807, 2.05) is 0 Å². The third-order valence-electron chi connectivity index (χ3n) is 2.92. The van der Waals surface area contributed by atoms with E-state index >= 15 is 0 Å². The van der Waals surface area contributed by atoms with Gasteiger partial charge in [-0.1, -0.05) is 0 Å². The van der Waals surface area contributed by atoms with Crippen molar-refractivity contribution in [2.45, 2.75) is 39.1 Å². The smallest absolute Gasteiger partial charge is 0.410 e. The van der Waals surface area contributed by atoms with Gasteiger partial charge in [0.15, 0.2) is 11.5 Å². The summed E-state index contributed by atoms with van der Waals surface area (Å²) in [5, 5.41) is 0. The quantitative estimate of drug-likeness (QED) is 0.847. The first-order valence-corrected chi connectivity index (χ1v) is 7.03. The number of benzene rings is 1. The van der Waals surface area contributed by atoms with Crippen molar-refractivity contribution in [3.63, 3.8) is 0 Å². The molecule has 2 rings (SSSR count). The molecule has 0 bridgehead atoms. The Morgan fingerprint density at radius 1 is 1.26 bits per heavy atom. The van der Waals surface area contributed by atoms with Gasteiger partial charge in [0.1, 0.15) is 17.5 Å². The summed E-state index contributed by atoms with van der Waals surface area (Å²) in [4.78, 5) is 13.2. The molecule has 0 saturated carbocycles. The zero-order valence-electron chi connectivity index (χ0n) is 13.0. The first kappa shape index (κ1) is 17.2. The number of hydrogen-bond acceptors (Lipinski definition) is 4. The molecule has 1 aromatic carbocycles. The Balaban J connectivity index is 1.92. The summed E-state index contributed by atoms with van der Waals surface area (Å²) in [6, 6.07) is 3.04. The maximum Gasteiger partial charge on any atom is 0.410 e. The molecule has 1 fully saturated rings. The number of hydrogen-bond donors (Lipinski definition) is 0. The minimum atomic E-state index is -3.04. The fraction of sp³-hybridized carbons (Fsp3) is 0.533. The van der Waals surface area contributed by atoms with Crippen LogP contribution in [0.25, 0.3) is 0 Å².